The summed E-state index contributed by atoms with van der Waals surface area (Å²) in [6, 6.07) is 9.31. The molecule has 3 heterocycles. The Morgan fingerprint density at radius 3 is 2.73 bits per heavy atom. The first kappa shape index (κ1) is 23.7. The Hall–Kier alpha value is -0.940. The van der Waals surface area contributed by atoms with Gasteiger partial charge in [0.25, 0.3) is 0 Å². The molecule has 0 aromatic heterocycles. The average molecular weight is 529 g/mol. The third-order valence-electron chi connectivity index (χ3n) is 6.24. The average Bonchev–Trinajstić information content (AvgIpc) is 3.23. The number of benzene rings is 1. The van der Waals surface area contributed by atoms with Gasteiger partial charge in [0.05, 0.1) is 25.9 Å². The number of hydrogen-bond acceptors (Lipinski definition) is 5. The first-order valence-electron chi connectivity index (χ1n) is 11.0. The standard InChI is InChI=1S/C22H35N5O2.HI/c1-23-22(25-14-21-16-27-8-4-7-20(27)17-29-21)24-13-18-5-2-3-6-19(18)15-26-9-11-28-12-10-26;/h2-3,5-6,20-21H,4,7-17H2,1H3,(H2,23,24,25);1H. The van der Waals surface area contributed by atoms with E-state index in [1.165, 1.54) is 30.5 Å². The molecule has 3 aliphatic heterocycles. The molecule has 1 aromatic rings. The first-order chi connectivity index (χ1) is 14.3. The van der Waals surface area contributed by atoms with Crippen molar-refractivity contribution < 1.29 is 9.47 Å². The summed E-state index contributed by atoms with van der Waals surface area (Å²) in [7, 11) is 1.83. The summed E-state index contributed by atoms with van der Waals surface area (Å²) in [5, 5.41) is 6.93. The van der Waals surface area contributed by atoms with E-state index in [9.17, 15) is 0 Å². The molecule has 0 radical (unpaired) electrons. The second kappa shape index (κ2) is 12.2. The molecule has 1 aromatic carbocycles. The molecular formula is C22H36IN5O2. The van der Waals surface area contributed by atoms with Crippen molar-refractivity contribution in [2.75, 3.05) is 59.6 Å². The van der Waals surface area contributed by atoms with Crippen LogP contribution in [-0.4, -0.2) is 87.5 Å². The molecule has 3 saturated heterocycles. The van der Waals surface area contributed by atoms with Crippen molar-refractivity contribution in [1.29, 1.82) is 0 Å². The summed E-state index contributed by atoms with van der Waals surface area (Å²) < 4.78 is 11.5. The largest absolute Gasteiger partial charge is 0.379 e. The van der Waals surface area contributed by atoms with E-state index in [4.69, 9.17) is 9.47 Å². The highest BCUT2D eigenvalue weighted by atomic mass is 127. The fraction of sp³-hybridized carbons (Fsp3) is 0.682. The molecule has 4 rings (SSSR count). The fourth-order valence-corrected chi connectivity index (χ4v) is 4.50. The van der Waals surface area contributed by atoms with Gasteiger partial charge in [0.2, 0.25) is 0 Å². The first-order valence-corrected chi connectivity index (χ1v) is 11.0. The maximum absolute atomic E-state index is 6.05. The number of hydrogen-bond donors (Lipinski definition) is 2. The van der Waals surface area contributed by atoms with Gasteiger partial charge in [-0.05, 0) is 30.5 Å². The van der Waals surface area contributed by atoms with Crippen LogP contribution in [0.3, 0.4) is 0 Å². The Labute approximate surface area is 197 Å². The summed E-state index contributed by atoms with van der Waals surface area (Å²) in [5.41, 5.74) is 2.68. The van der Waals surface area contributed by atoms with Crippen LogP contribution in [0.15, 0.2) is 29.3 Å². The lowest BCUT2D eigenvalue weighted by Crippen LogP contribution is -2.51. The Bertz CT molecular complexity index is 683. The van der Waals surface area contributed by atoms with E-state index in [1.54, 1.807) is 0 Å². The van der Waals surface area contributed by atoms with E-state index in [1.807, 2.05) is 7.05 Å². The number of guanidine groups is 1. The van der Waals surface area contributed by atoms with Crippen molar-refractivity contribution in [3.05, 3.63) is 35.4 Å². The van der Waals surface area contributed by atoms with Crippen LogP contribution in [0.1, 0.15) is 24.0 Å². The summed E-state index contributed by atoms with van der Waals surface area (Å²) in [4.78, 5) is 9.43. The van der Waals surface area contributed by atoms with Gasteiger partial charge in [-0.3, -0.25) is 14.8 Å². The highest BCUT2D eigenvalue weighted by Crippen LogP contribution is 2.22. The summed E-state index contributed by atoms with van der Waals surface area (Å²) >= 11 is 0. The molecule has 0 saturated carbocycles. The second-order valence-electron chi connectivity index (χ2n) is 8.21. The summed E-state index contributed by atoms with van der Waals surface area (Å²) in [6.45, 7) is 9.31. The molecule has 2 atom stereocenters. The molecule has 168 valence electrons. The molecule has 3 aliphatic rings. The molecule has 3 fully saturated rings. The van der Waals surface area contributed by atoms with Crippen LogP contribution in [0.4, 0.5) is 0 Å². The number of rotatable bonds is 6. The van der Waals surface area contributed by atoms with Gasteiger partial charge in [-0.1, -0.05) is 24.3 Å². The Morgan fingerprint density at radius 2 is 1.93 bits per heavy atom. The Balaban J connectivity index is 0.00000256. The number of ether oxygens (including phenoxy) is 2. The van der Waals surface area contributed by atoms with Crippen LogP contribution in [0, 0.1) is 0 Å². The van der Waals surface area contributed by atoms with Crippen LogP contribution in [-0.2, 0) is 22.6 Å². The van der Waals surface area contributed by atoms with E-state index in [-0.39, 0.29) is 30.1 Å². The number of halogens is 1. The molecule has 30 heavy (non-hydrogen) atoms. The molecule has 8 heteroatoms. The van der Waals surface area contributed by atoms with Crippen molar-refractivity contribution in [2.45, 2.75) is 38.1 Å². The number of fused-ring (bicyclic) bond motifs is 1. The van der Waals surface area contributed by atoms with Crippen molar-refractivity contribution >= 4 is 29.9 Å². The van der Waals surface area contributed by atoms with Gasteiger partial charge in [0.15, 0.2) is 5.96 Å². The van der Waals surface area contributed by atoms with Gasteiger partial charge in [0, 0.05) is 52.4 Å². The van der Waals surface area contributed by atoms with E-state index in [0.717, 1.165) is 65.0 Å². The zero-order chi connectivity index (χ0) is 19.9. The normalized spacial score (nSPS) is 25.4. The van der Waals surface area contributed by atoms with Gasteiger partial charge >= 0.3 is 0 Å². The third-order valence-corrected chi connectivity index (χ3v) is 6.24. The smallest absolute Gasteiger partial charge is 0.191 e. The third kappa shape index (κ3) is 6.53. The van der Waals surface area contributed by atoms with E-state index in [0.29, 0.717) is 6.04 Å². The van der Waals surface area contributed by atoms with Gasteiger partial charge in [-0.25, -0.2) is 0 Å². The van der Waals surface area contributed by atoms with Gasteiger partial charge in [-0.15, -0.1) is 24.0 Å². The molecule has 0 aliphatic carbocycles. The molecule has 0 bridgehead atoms. The molecule has 7 nitrogen and oxygen atoms in total. The lowest BCUT2D eigenvalue weighted by Gasteiger charge is -2.35. The van der Waals surface area contributed by atoms with Gasteiger partial charge < -0.3 is 20.1 Å². The summed E-state index contributed by atoms with van der Waals surface area (Å²) in [5.74, 6) is 0.832. The highest BCUT2D eigenvalue weighted by molar-refractivity contribution is 14.0. The minimum atomic E-state index is 0. The number of aliphatic imine (C=N–C) groups is 1. The van der Waals surface area contributed by atoms with Crippen molar-refractivity contribution in [2.24, 2.45) is 4.99 Å². The number of morpholine rings is 2. The SMILES string of the molecule is CN=C(NCc1ccccc1CN1CCOCC1)NCC1CN2CCCC2CO1.I. The predicted octanol–water partition coefficient (Wildman–Crippen LogP) is 1.67. The lowest BCUT2D eigenvalue weighted by atomic mass is 10.1. The molecule has 0 spiro atoms. The van der Waals surface area contributed by atoms with E-state index < -0.39 is 0 Å². The van der Waals surface area contributed by atoms with E-state index >= 15 is 0 Å². The lowest BCUT2D eigenvalue weighted by molar-refractivity contribution is -0.0453. The molecule has 0 amide bonds. The Kier molecular flexibility index (Phi) is 9.64. The summed E-state index contributed by atoms with van der Waals surface area (Å²) in [6.07, 6.45) is 2.82. The van der Waals surface area contributed by atoms with Crippen LogP contribution in [0.5, 0.6) is 0 Å². The maximum Gasteiger partial charge on any atom is 0.191 e. The van der Waals surface area contributed by atoms with Crippen molar-refractivity contribution in [3.8, 4) is 0 Å². The predicted molar refractivity (Wildman–Crippen MR) is 130 cm³/mol. The number of nitrogens with zero attached hydrogens (tertiary/aromatic N) is 3. The highest BCUT2D eigenvalue weighted by Gasteiger charge is 2.32. The molecule has 2 unspecified atom stereocenters. The van der Waals surface area contributed by atoms with Gasteiger partial charge in [0.1, 0.15) is 0 Å². The van der Waals surface area contributed by atoms with Gasteiger partial charge in [-0.2, -0.15) is 0 Å². The van der Waals surface area contributed by atoms with E-state index in [2.05, 4.69) is 49.7 Å². The zero-order valence-corrected chi connectivity index (χ0v) is 20.3. The van der Waals surface area contributed by atoms with Crippen LogP contribution >= 0.6 is 24.0 Å². The van der Waals surface area contributed by atoms with Crippen LogP contribution < -0.4 is 10.6 Å². The van der Waals surface area contributed by atoms with Crippen molar-refractivity contribution in [1.82, 2.24) is 20.4 Å². The second-order valence-corrected chi connectivity index (χ2v) is 8.21. The van der Waals surface area contributed by atoms with Crippen LogP contribution in [0.25, 0.3) is 0 Å². The number of nitrogens with one attached hydrogen (secondary N) is 2. The fourth-order valence-electron chi connectivity index (χ4n) is 4.50. The zero-order valence-electron chi connectivity index (χ0n) is 18.0. The van der Waals surface area contributed by atoms with Crippen LogP contribution in [0.2, 0.25) is 0 Å². The Morgan fingerprint density at radius 1 is 1.13 bits per heavy atom. The quantitative estimate of drug-likeness (QED) is 0.332. The minimum Gasteiger partial charge on any atom is -0.379 e. The molecule has 2 N–H and O–H groups in total. The topological polar surface area (TPSA) is 61.4 Å². The monoisotopic (exact) mass is 529 g/mol. The minimum absolute atomic E-state index is 0. The maximum atomic E-state index is 6.05. The molecular weight excluding hydrogens is 493 g/mol. The van der Waals surface area contributed by atoms with Crippen molar-refractivity contribution in [3.63, 3.8) is 0 Å².